The van der Waals surface area contributed by atoms with Gasteiger partial charge in [-0.1, -0.05) is 6.07 Å². The standard InChI is InChI=1S/C13H10N4O2S2.CH4O/c1-6-14-13(21-17-6)16-15-11-10(20)4-7-2-3-8(18)5-9(7)12(11)19;1-2/h2-5,18-20H,1H3;2H,1H3. The van der Waals surface area contributed by atoms with Crippen LogP contribution in [0.4, 0.5) is 10.8 Å². The molecule has 7 nitrogen and oxygen atoms in total. The van der Waals surface area contributed by atoms with E-state index in [2.05, 4.69) is 32.2 Å². The molecule has 3 N–H and O–H groups in total. The normalized spacial score (nSPS) is 10.8. The molecule has 0 unspecified atom stereocenters. The van der Waals surface area contributed by atoms with Crippen LogP contribution in [0.3, 0.4) is 0 Å². The van der Waals surface area contributed by atoms with Gasteiger partial charge in [-0.15, -0.1) is 22.9 Å². The number of aryl methyl sites for hydroxylation is 1. The number of fused-ring (bicyclic) bond motifs is 1. The molecule has 0 aliphatic rings. The highest BCUT2D eigenvalue weighted by molar-refractivity contribution is 7.80. The zero-order valence-electron chi connectivity index (χ0n) is 12.3. The Hall–Kier alpha value is -2.23. The third-order valence-electron chi connectivity index (χ3n) is 2.80. The Morgan fingerprint density at radius 1 is 1.13 bits per heavy atom. The fourth-order valence-electron chi connectivity index (χ4n) is 1.86. The molecule has 1 aromatic heterocycles. The molecule has 3 aromatic rings. The summed E-state index contributed by atoms with van der Waals surface area (Å²) in [5.41, 5.74) is 0.226. The van der Waals surface area contributed by atoms with Gasteiger partial charge < -0.3 is 15.3 Å². The van der Waals surface area contributed by atoms with Gasteiger partial charge in [-0.25, -0.2) is 4.98 Å². The Bertz CT molecular complexity index is 865. The molecule has 1 heterocycles. The summed E-state index contributed by atoms with van der Waals surface area (Å²) in [5, 5.41) is 36.4. The van der Waals surface area contributed by atoms with E-state index in [1.54, 1.807) is 25.1 Å². The number of nitrogens with zero attached hydrogens (tertiary/aromatic N) is 4. The van der Waals surface area contributed by atoms with Crippen molar-refractivity contribution in [2.45, 2.75) is 11.8 Å². The summed E-state index contributed by atoms with van der Waals surface area (Å²) in [5.74, 6) is 0.596. The molecule has 0 spiro atoms. The van der Waals surface area contributed by atoms with Crippen LogP contribution in [0, 0.1) is 6.92 Å². The molecule has 2 aromatic carbocycles. The Morgan fingerprint density at radius 3 is 2.52 bits per heavy atom. The lowest BCUT2D eigenvalue weighted by Gasteiger charge is -2.07. The van der Waals surface area contributed by atoms with Gasteiger partial charge in [-0.2, -0.15) is 4.37 Å². The zero-order valence-corrected chi connectivity index (χ0v) is 14.0. The second kappa shape index (κ2) is 7.36. The summed E-state index contributed by atoms with van der Waals surface area (Å²) >= 11 is 5.43. The third kappa shape index (κ3) is 3.76. The van der Waals surface area contributed by atoms with Gasteiger partial charge in [0.05, 0.1) is 0 Å². The van der Waals surface area contributed by atoms with Gasteiger partial charge >= 0.3 is 0 Å². The van der Waals surface area contributed by atoms with E-state index >= 15 is 0 Å². The topological polar surface area (TPSA) is 111 Å². The summed E-state index contributed by atoms with van der Waals surface area (Å²) in [4.78, 5) is 4.54. The number of phenolic OH excluding ortho intramolecular Hbond substituents is 2. The Labute approximate surface area is 141 Å². The van der Waals surface area contributed by atoms with Crippen molar-refractivity contribution in [2.24, 2.45) is 10.2 Å². The number of aliphatic hydroxyl groups is 1. The number of aromatic nitrogens is 2. The summed E-state index contributed by atoms with van der Waals surface area (Å²) in [6, 6.07) is 6.45. The quantitative estimate of drug-likeness (QED) is 0.416. The van der Waals surface area contributed by atoms with Gasteiger partial charge in [0.2, 0.25) is 5.13 Å². The third-order valence-corrected chi connectivity index (χ3v) is 3.84. The summed E-state index contributed by atoms with van der Waals surface area (Å²) in [6.07, 6.45) is 0. The first-order valence-corrected chi connectivity index (χ1v) is 7.61. The number of aliphatic hydroxyl groups excluding tert-OH is 1. The van der Waals surface area contributed by atoms with Crippen LogP contribution in [-0.4, -0.2) is 31.8 Å². The molecule has 0 aliphatic carbocycles. The first-order chi connectivity index (χ1) is 11.0. The number of thiol groups is 1. The van der Waals surface area contributed by atoms with Crippen molar-refractivity contribution in [1.29, 1.82) is 0 Å². The first-order valence-electron chi connectivity index (χ1n) is 6.39. The van der Waals surface area contributed by atoms with E-state index in [-0.39, 0.29) is 17.2 Å². The maximum atomic E-state index is 10.3. The van der Waals surface area contributed by atoms with Crippen molar-refractivity contribution in [3.8, 4) is 11.5 Å². The molecule has 0 saturated carbocycles. The highest BCUT2D eigenvalue weighted by Gasteiger charge is 2.11. The molecule has 0 aliphatic heterocycles. The summed E-state index contributed by atoms with van der Waals surface area (Å²) in [6.45, 7) is 1.76. The van der Waals surface area contributed by atoms with Gasteiger partial charge in [0, 0.05) is 28.9 Å². The highest BCUT2D eigenvalue weighted by atomic mass is 32.1. The summed E-state index contributed by atoms with van der Waals surface area (Å²) in [7, 11) is 1.00. The Kier molecular flexibility index (Phi) is 5.48. The number of benzene rings is 2. The van der Waals surface area contributed by atoms with Crippen molar-refractivity contribution >= 4 is 45.8 Å². The van der Waals surface area contributed by atoms with Crippen LogP contribution in [0.5, 0.6) is 11.5 Å². The molecular weight excluding hydrogens is 336 g/mol. The number of hydrogen-bond acceptors (Lipinski definition) is 9. The fraction of sp³-hybridized carbons (Fsp3) is 0.143. The Balaban J connectivity index is 0.000000924. The van der Waals surface area contributed by atoms with E-state index < -0.39 is 0 Å². The number of phenols is 2. The van der Waals surface area contributed by atoms with Crippen LogP contribution in [-0.2, 0) is 0 Å². The van der Waals surface area contributed by atoms with Gasteiger partial charge in [-0.05, 0) is 30.5 Å². The minimum Gasteiger partial charge on any atom is -0.508 e. The van der Waals surface area contributed by atoms with E-state index in [0.29, 0.717) is 21.2 Å². The molecule has 120 valence electrons. The SMILES string of the molecule is CO.Cc1nsc(N=Nc2c(S)cc3ccc(O)cc3c2O)n1. The maximum absolute atomic E-state index is 10.3. The number of aromatic hydroxyl groups is 2. The molecule has 0 fully saturated rings. The molecule has 0 bridgehead atoms. The lowest BCUT2D eigenvalue weighted by molar-refractivity contribution is 0.399. The van der Waals surface area contributed by atoms with Crippen LogP contribution in [0.25, 0.3) is 10.8 Å². The smallest absolute Gasteiger partial charge is 0.249 e. The minimum absolute atomic E-state index is 0.0624. The molecule has 9 heteroatoms. The van der Waals surface area contributed by atoms with Gasteiger partial charge in [-0.3, -0.25) is 0 Å². The van der Waals surface area contributed by atoms with Crippen LogP contribution in [0.2, 0.25) is 0 Å². The lowest BCUT2D eigenvalue weighted by Crippen LogP contribution is -1.78. The molecule has 3 rings (SSSR count). The zero-order chi connectivity index (χ0) is 17.0. The number of hydrogen-bond donors (Lipinski definition) is 4. The average molecular weight is 350 g/mol. The minimum atomic E-state index is -0.0848. The monoisotopic (exact) mass is 350 g/mol. The number of azo groups is 1. The maximum Gasteiger partial charge on any atom is 0.249 e. The molecule has 0 saturated heterocycles. The van der Waals surface area contributed by atoms with Gasteiger partial charge in [0.1, 0.15) is 17.3 Å². The van der Waals surface area contributed by atoms with Crippen LogP contribution in [0.1, 0.15) is 5.82 Å². The van der Waals surface area contributed by atoms with E-state index in [0.717, 1.165) is 24.0 Å². The second-order valence-corrected chi connectivity index (χ2v) is 5.53. The van der Waals surface area contributed by atoms with Crippen molar-refractivity contribution in [2.75, 3.05) is 7.11 Å². The van der Waals surface area contributed by atoms with E-state index in [1.807, 2.05) is 0 Å². The van der Waals surface area contributed by atoms with Crippen LogP contribution >= 0.6 is 24.2 Å². The molecule has 0 radical (unpaired) electrons. The molecule has 23 heavy (non-hydrogen) atoms. The van der Waals surface area contributed by atoms with Crippen molar-refractivity contribution < 1.29 is 15.3 Å². The lowest BCUT2D eigenvalue weighted by atomic mass is 10.1. The van der Waals surface area contributed by atoms with Crippen LogP contribution < -0.4 is 0 Å². The van der Waals surface area contributed by atoms with E-state index in [1.165, 1.54) is 6.07 Å². The predicted octanol–water partition coefficient (Wildman–Crippen LogP) is 3.72. The molecule has 0 amide bonds. The number of rotatable bonds is 2. The molecular formula is C14H14N4O3S2. The van der Waals surface area contributed by atoms with E-state index in [4.69, 9.17) is 5.11 Å². The largest absolute Gasteiger partial charge is 0.508 e. The van der Waals surface area contributed by atoms with Crippen molar-refractivity contribution in [1.82, 2.24) is 9.36 Å². The van der Waals surface area contributed by atoms with E-state index in [9.17, 15) is 10.2 Å². The predicted molar refractivity (Wildman–Crippen MR) is 91.5 cm³/mol. The Morgan fingerprint density at radius 2 is 1.87 bits per heavy atom. The molecule has 0 atom stereocenters. The first kappa shape index (κ1) is 17.1. The fourth-order valence-corrected chi connectivity index (χ4v) is 2.65. The summed E-state index contributed by atoms with van der Waals surface area (Å²) < 4.78 is 4.00. The highest BCUT2D eigenvalue weighted by Crippen LogP contribution is 2.41. The van der Waals surface area contributed by atoms with Crippen LogP contribution in [0.15, 0.2) is 39.4 Å². The van der Waals surface area contributed by atoms with Crippen molar-refractivity contribution in [3.63, 3.8) is 0 Å². The average Bonchev–Trinajstić information content (AvgIpc) is 2.95. The van der Waals surface area contributed by atoms with Crippen molar-refractivity contribution in [3.05, 3.63) is 30.1 Å². The van der Waals surface area contributed by atoms with Gasteiger partial charge in [0.15, 0.2) is 5.75 Å². The van der Waals surface area contributed by atoms with Gasteiger partial charge in [0.25, 0.3) is 0 Å². The second-order valence-electron chi connectivity index (χ2n) is 4.32.